The fraction of sp³-hybridized carbons (Fsp3) is 0.125. The van der Waals surface area contributed by atoms with E-state index in [0.717, 1.165) is 10.0 Å². The molecular formula is C16H13FN2S3. The molecule has 2 nitrogen and oxygen atoms in total. The minimum atomic E-state index is -0.266. The van der Waals surface area contributed by atoms with Crippen LogP contribution >= 0.6 is 35.3 Å². The van der Waals surface area contributed by atoms with Gasteiger partial charge < -0.3 is 0 Å². The van der Waals surface area contributed by atoms with Gasteiger partial charge in [-0.05, 0) is 49.0 Å². The molecule has 1 aromatic heterocycles. The number of rotatable bonds is 4. The number of hydrogen-bond acceptors (Lipinski definition) is 4. The lowest BCUT2D eigenvalue weighted by atomic mass is 10.2. The summed E-state index contributed by atoms with van der Waals surface area (Å²) in [4.78, 5) is 0. The Labute approximate surface area is 141 Å². The summed E-state index contributed by atoms with van der Waals surface area (Å²) < 4.78 is 16.3. The lowest BCUT2D eigenvalue weighted by Gasteiger charge is -2.08. The van der Waals surface area contributed by atoms with E-state index in [4.69, 9.17) is 12.2 Å². The van der Waals surface area contributed by atoms with E-state index in [1.165, 1.54) is 29.0 Å². The predicted octanol–water partition coefficient (Wildman–Crippen LogP) is 5.66. The van der Waals surface area contributed by atoms with Gasteiger partial charge in [0, 0.05) is 5.25 Å². The first-order valence-electron chi connectivity index (χ1n) is 6.71. The summed E-state index contributed by atoms with van der Waals surface area (Å²) in [7, 11) is 0. The largest absolute Gasteiger partial charge is 0.211 e. The van der Waals surface area contributed by atoms with E-state index < -0.39 is 0 Å². The van der Waals surface area contributed by atoms with E-state index in [9.17, 15) is 4.39 Å². The molecule has 0 amide bonds. The van der Waals surface area contributed by atoms with Crippen LogP contribution in [0.1, 0.15) is 17.7 Å². The van der Waals surface area contributed by atoms with E-state index in [1.807, 2.05) is 18.2 Å². The number of nitrogens with zero attached hydrogens (tertiary/aromatic N) is 2. The molecule has 3 rings (SSSR count). The molecule has 6 heteroatoms. The Morgan fingerprint density at radius 1 is 1.14 bits per heavy atom. The molecule has 0 aliphatic heterocycles. The normalized spacial score (nSPS) is 12.3. The molecule has 0 N–H and O–H groups in total. The minimum absolute atomic E-state index is 0.266. The van der Waals surface area contributed by atoms with Crippen molar-refractivity contribution in [1.82, 2.24) is 9.78 Å². The molecule has 0 bridgehead atoms. The summed E-state index contributed by atoms with van der Waals surface area (Å²) in [6.07, 6.45) is 0. The summed E-state index contributed by atoms with van der Waals surface area (Å²) in [5.41, 5.74) is 2.03. The van der Waals surface area contributed by atoms with Crippen molar-refractivity contribution in [3.05, 3.63) is 69.9 Å². The molecule has 3 aromatic rings. The first-order valence-corrected chi connectivity index (χ1v) is 8.81. The zero-order valence-electron chi connectivity index (χ0n) is 11.8. The van der Waals surface area contributed by atoms with Gasteiger partial charge in [0.05, 0.1) is 5.69 Å². The molecular weight excluding hydrogens is 335 g/mol. The van der Waals surface area contributed by atoms with E-state index in [0.29, 0.717) is 9.20 Å². The van der Waals surface area contributed by atoms with Gasteiger partial charge in [-0.2, -0.15) is 0 Å². The van der Waals surface area contributed by atoms with Gasteiger partial charge in [-0.3, -0.25) is 0 Å². The Morgan fingerprint density at radius 3 is 2.50 bits per heavy atom. The van der Waals surface area contributed by atoms with Crippen molar-refractivity contribution >= 4 is 35.3 Å². The highest BCUT2D eigenvalue weighted by Crippen LogP contribution is 2.36. The Morgan fingerprint density at radius 2 is 1.82 bits per heavy atom. The molecule has 0 aliphatic carbocycles. The van der Waals surface area contributed by atoms with Crippen LogP contribution in [0.25, 0.3) is 5.69 Å². The fourth-order valence-corrected chi connectivity index (χ4v) is 4.63. The van der Waals surface area contributed by atoms with Crippen molar-refractivity contribution < 1.29 is 4.39 Å². The molecule has 0 aliphatic rings. The molecule has 2 aromatic carbocycles. The number of thioether (sulfide) groups is 1. The molecule has 22 heavy (non-hydrogen) atoms. The van der Waals surface area contributed by atoms with Crippen LogP contribution in [0, 0.1) is 9.77 Å². The van der Waals surface area contributed by atoms with E-state index in [-0.39, 0.29) is 5.82 Å². The molecule has 1 heterocycles. The first-order chi connectivity index (χ1) is 10.6. The van der Waals surface area contributed by atoms with Crippen molar-refractivity contribution in [1.29, 1.82) is 0 Å². The topological polar surface area (TPSA) is 17.8 Å². The molecule has 0 spiro atoms. The van der Waals surface area contributed by atoms with Crippen molar-refractivity contribution in [3.63, 3.8) is 0 Å². The summed E-state index contributed by atoms with van der Waals surface area (Å²) in [6.45, 7) is 2.15. The molecule has 0 saturated heterocycles. The number of hydrogen-bond donors (Lipinski definition) is 0. The smallest absolute Gasteiger partial charge is 0.184 e. The van der Waals surface area contributed by atoms with Crippen LogP contribution < -0.4 is 0 Å². The maximum absolute atomic E-state index is 13.0. The summed E-state index contributed by atoms with van der Waals surface area (Å²) >= 11 is 8.52. The van der Waals surface area contributed by atoms with E-state index in [1.54, 1.807) is 28.6 Å². The highest BCUT2D eigenvalue weighted by Gasteiger charge is 2.12. The number of aromatic nitrogens is 2. The van der Waals surface area contributed by atoms with Crippen LogP contribution in [0.3, 0.4) is 0 Å². The van der Waals surface area contributed by atoms with Gasteiger partial charge in [-0.15, -0.1) is 5.10 Å². The Balaban J connectivity index is 1.83. The predicted molar refractivity (Wildman–Crippen MR) is 92.9 cm³/mol. The van der Waals surface area contributed by atoms with Crippen molar-refractivity contribution in [2.24, 2.45) is 0 Å². The molecule has 0 saturated carbocycles. The molecule has 0 unspecified atom stereocenters. The summed E-state index contributed by atoms with van der Waals surface area (Å²) in [6, 6.07) is 16.5. The van der Waals surface area contributed by atoms with Crippen LogP contribution in [0.2, 0.25) is 0 Å². The van der Waals surface area contributed by atoms with E-state index in [2.05, 4.69) is 24.2 Å². The zero-order chi connectivity index (χ0) is 15.5. The molecule has 112 valence electrons. The standard InChI is InChI=1S/C16H13FN2S3/c1-11(12-5-3-2-4-6-12)21-15-18-19(16(20)22-15)14-9-7-13(17)8-10-14/h2-11H,1H3/t11-/m0/s1. The highest BCUT2D eigenvalue weighted by molar-refractivity contribution is 8.01. The van der Waals surface area contributed by atoms with Crippen molar-refractivity contribution in [2.75, 3.05) is 0 Å². The minimum Gasteiger partial charge on any atom is -0.211 e. The maximum Gasteiger partial charge on any atom is 0.184 e. The Kier molecular flexibility index (Phi) is 4.71. The van der Waals surface area contributed by atoms with Crippen LogP contribution in [-0.4, -0.2) is 9.78 Å². The Hall–Kier alpha value is -1.50. The third kappa shape index (κ3) is 3.45. The molecule has 1 atom stereocenters. The second kappa shape index (κ2) is 6.73. The first kappa shape index (κ1) is 15.4. The summed E-state index contributed by atoms with van der Waals surface area (Å²) in [5.74, 6) is -0.266. The van der Waals surface area contributed by atoms with Crippen LogP contribution in [0.15, 0.2) is 58.9 Å². The third-order valence-corrected chi connectivity index (χ3v) is 5.62. The second-order valence-corrected chi connectivity index (χ2v) is 7.90. The Bertz CT molecular complexity index is 809. The number of halogens is 1. The van der Waals surface area contributed by atoms with Gasteiger partial charge in [0.1, 0.15) is 5.82 Å². The van der Waals surface area contributed by atoms with E-state index >= 15 is 0 Å². The fourth-order valence-electron chi connectivity index (χ4n) is 2.00. The average Bonchev–Trinajstić information content (AvgIpc) is 2.89. The second-order valence-electron chi connectivity index (χ2n) is 4.69. The van der Waals surface area contributed by atoms with Gasteiger partial charge in [-0.1, -0.05) is 53.4 Å². The average molecular weight is 348 g/mol. The quantitative estimate of drug-likeness (QED) is 0.448. The van der Waals surface area contributed by atoms with Gasteiger partial charge >= 0.3 is 0 Å². The summed E-state index contributed by atoms with van der Waals surface area (Å²) in [5, 5.41) is 4.84. The lowest BCUT2D eigenvalue weighted by molar-refractivity contribution is 0.627. The van der Waals surface area contributed by atoms with Crippen molar-refractivity contribution in [3.8, 4) is 5.69 Å². The monoisotopic (exact) mass is 348 g/mol. The van der Waals surface area contributed by atoms with Gasteiger partial charge in [-0.25, -0.2) is 9.07 Å². The van der Waals surface area contributed by atoms with Crippen LogP contribution in [-0.2, 0) is 0 Å². The lowest BCUT2D eigenvalue weighted by Crippen LogP contribution is -1.96. The maximum atomic E-state index is 13.0. The van der Waals surface area contributed by atoms with Gasteiger partial charge in [0.25, 0.3) is 0 Å². The number of benzene rings is 2. The molecule has 0 fully saturated rings. The zero-order valence-corrected chi connectivity index (χ0v) is 14.2. The highest BCUT2D eigenvalue weighted by atomic mass is 32.2. The van der Waals surface area contributed by atoms with Gasteiger partial charge in [0.15, 0.2) is 8.29 Å². The third-order valence-electron chi connectivity index (χ3n) is 3.15. The SMILES string of the molecule is C[C@H](Sc1nn(-c2ccc(F)cc2)c(=S)s1)c1ccccc1. The molecule has 0 radical (unpaired) electrons. The van der Waals surface area contributed by atoms with Crippen LogP contribution in [0.4, 0.5) is 4.39 Å². The van der Waals surface area contributed by atoms with Crippen LogP contribution in [0.5, 0.6) is 0 Å². The van der Waals surface area contributed by atoms with Crippen molar-refractivity contribution in [2.45, 2.75) is 16.5 Å². The van der Waals surface area contributed by atoms with Gasteiger partial charge in [0.2, 0.25) is 0 Å².